The van der Waals surface area contributed by atoms with E-state index in [-0.39, 0.29) is 22.4 Å². The largest absolute Gasteiger partial charge is 0.323 e. The van der Waals surface area contributed by atoms with Gasteiger partial charge in [-0.3, -0.25) is 4.79 Å². The highest BCUT2D eigenvalue weighted by atomic mass is 32.2. The van der Waals surface area contributed by atoms with Gasteiger partial charge in [0.1, 0.15) is 5.82 Å². The normalized spacial score (nSPS) is 28.0. The molecule has 20 heavy (non-hydrogen) atoms. The molecule has 5 nitrogen and oxygen atoms in total. The number of fused-ring (bicyclic) bond motifs is 1. The zero-order chi connectivity index (χ0) is 14.5. The first-order valence-electron chi connectivity index (χ1n) is 6.48. The summed E-state index contributed by atoms with van der Waals surface area (Å²) in [6.07, 6.45) is 2.87. The molecule has 0 radical (unpaired) electrons. The van der Waals surface area contributed by atoms with Crippen molar-refractivity contribution in [3.8, 4) is 0 Å². The smallest absolute Gasteiger partial charge is 0.238 e. The predicted octanol–water partition coefficient (Wildman–Crippen LogP) is 1.46. The molecule has 1 amide bonds. The molecule has 0 aliphatic heterocycles. The van der Waals surface area contributed by atoms with Crippen molar-refractivity contribution >= 4 is 21.6 Å². The fourth-order valence-electron chi connectivity index (χ4n) is 2.94. The van der Waals surface area contributed by atoms with Crippen LogP contribution in [-0.4, -0.2) is 14.3 Å². The second-order valence-corrected chi connectivity index (χ2v) is 7.16. The Bertz CT molecular complexity index is 664. The number of rotatable bonds is 3. The minimum absolute atomic E-state index is 0.101. The van der Waals surface area contributed by atoms with Gasteiger partial charge >= 0.3 is 0 Å². The van der Waals surface area contributed by atoms with Gasteiger partial charge in [-0.05, 0) is 49.3 Å². The minimum Gasteiger partial charge on any atom is -0.323 e. The van der Waals surface area contributed by atoms with Crippen molar-refractivity contribution in [2.24, 2.45) is 22.9 Å². The monoisotopic (exact) mass is 298 g/mol. The summed E-state index contributed by atoms with van der Waals surface area (Å²) in [5.41, 5.74) is -0.137. The Balaban J connectivity index is 1.77. The number of nitrogens with two attached hydrogens (primary N) is 1. The van der Waals surface area contributed by atoms with E-state index in [2.05, 4.69) is 5.32 Å². The van der Waals surface area contributed by atoms with Crippen molar-refractivity contribution in [3.05, 3.63) is 24.0 Å². The van der Waals surface area contributed by atoms with E-state index in [9.17, 15) is 17.6 Å². The highest BCUT2D eigenvalue weighted by Crippen LogP contribution is 2.54. The van der Waals surface area contributed by atoms with Gasteiger partial charge in [0.15, 0.2) is 0 Å². The number of benzene rings is 1. The molecular weight excluding hydrogens is 283 g/mol. The lowest BCUT2D eigenvalue weighted by Gasteiger charge is -2.13. The Morgan fingerprint density at radius 3 is 2.50 bits per heavy atom. The van der Waals surface area contributed by atoms with Gasteiger partial charge in [0, 0.05) is 5.92 Å². The zero-order valence-corrected chi connectivity index (χ0v) is 11.5. The van der Waals surface area contributed by atoms with Crippen LogP contribution in [0.25, 0.3) is 0 Å². The van der Waals surface area contributed by atoms with Crippen LogP contribution in [0.2, 0.25) is 0 Å². The molecule has 2 fully saturated rings. The van der Waals surface area contributed by atoms with Crippen molar-refractivity contribution in [2.75, 3.05) is 5.32 Å². The van der Waals surface area contributed by atoms with E-state index in [4.69, 9.17) is 5.14 Å². The van der Waals surface area contributed by atoms with E-state index in [1.807, 2.05) is 0 Å². The summed E-state index contributed by atoms with van der Waals surface area (Å²) < 4.78 is 36.1. The summed E-state index contributed by atoms with van der Waals surface area (Å²) >= 11 is 0. The summed E-state index contributed by atoms with van der Waals surface area (Å²) in [6, 6.07) is 3.12. The van der Waals surface area contributed by atoms with Gasteiger partial charge in [0.25, 0.3) is 0 Å². The van der Waals surface area contributed by atoms with Gasteiger partial charge in [-0.1, -0.05) is 0 Å². The summed E-state index contributed by atoms with van der Waals surface area (Å²) in [5, 5.41) is 7.46. The first-order valence-corrected chi connectivity index (χ1v) is 8.02. The Kier molecular flexibility index (Phi) is 3.06. The molecule has 2 aliphatic carbocycles. The average molecular weight is 298 g/mol. The fourth-order valence-corrected chi connectivity index (χ4v) is 3.48. The molecule has 108 valence electrons. The summed E-state index contributed by atoms with van der Waals surface area (Å²) in [7, 11) is -3.92. The van der Waals surface area contributed by atoms with Crippen LogP contribution < -0.4 is 10.5 Å². The number of hydrogen-bond acceptors (Lipinski definition) is 3. The molecule has 0 heterocycles. The van der Waals surface area contributed by atoms with Crippen molar-refractivity contribution in [1.29, 1.82) is 0 Å². The van der Waals surface area contributed by atoms with Gasteiger partial charge < -0.3 is 5.32 Å². The van der Waals surface area contributed by atoms with Gasteiger partial charge in [-0.2, -0.15) is 0 Å². The Morgan fingerprint density at radius 2 is 1.90 bits per heavy atom. The predicted molar refractivity (Wildman–Crippen MR) is 70.7 cm³/mol. The second-order valence-electron chi connectivity index (χ2n) is 5.60. The van der Waals surface area contributed by atoms with Crippen LogP contribution in [0, 0.1) is 23.6 Å². The van der Waals surface area contributed by atoms with E-state index in [0.717, 1.165) is 31.0 Å². The molecule has 0 spiro atoms. The van der Waals surface area contributed by atoms with Crippen LogP contribution >= 0.6 is 0 Å². The molecule has 2 aliphatic rings. The molecule has 3 N–H and O–H groups in total. The Hall–Kier alpha value is -1.47. The van der Waals surface area contributed by atoms with Crippen LogP contribution in [0.3, 0.4) is 0 Å². The maximum atomic E-state index is 13.6. The summed E-state index contributed by atoms with van der Waals surface area (Å²) in [6.45, 7) is 0. The molecule has 0 bridgehead atoms. The molecule has 2 unspecified atom stereocenters. The SMILES string of the molecule is NS(=O)(=O)c1ccc(F)c(NC(=O)C2CC3CC3C2)c1. The van der Waals surface area contributed by atoms with Gasteiger partial charge in [0.05, 0.1) is 10.6 Å². The molecule has 2 atom stereocenters. The molecular formula is C13H15FN2O3S. The molecule has 0 aromatic heterocycles. The van der Waals surface area contributed by atoms with Gasteiger partial charge in [-0.15, -0.1) is 0 Å². The standard InChI is InChI=1S/C13H15FN2O3S/c14-11-2-1-10(20(15,18)19)6-12(11)16-13(17)9-4-7-3-8(7)5-9/h1-2,6-9H,3-5H2,(H,16,17)(H2,15,18,19). The van der Waals surface area contributed by atoms with Gasteiger partial charge in [0.2, 0.25) is 15.9 Å². The number of sulfonamides is 1. The first kappa shape index (κ1) is 13.5. The molecule has 2 saturated carbocycles. The molecule has 3 rings (SSSR count). The van der Waals surface area contributed by atoms with E-state index < -0.39 is 15.8 Å². The number of hydrogen-bond donors (Lipinski definition) is 2. The summed E-state index contributed by atoms with van der Waals surface area (Å²) in [5.74, 6) is 0.269. The highest BCUT2D eigenvalue weighted by Gasteiger charge is 2.48. The lowest BCUT2D eigenvalue weighted by Crippen LogP contribution is -2.22. The van der Waals surface area contributed by atoms with Crippen LogP contribution in [0.15, 0.2) is 23.1 Å². The van der Waals surface area contributed by atoms with Crippen LogP contribution in [0.4, 0.5) is 10.1 Å². The Morgan fingerprint density at radius 1 is 1.25 bits per heavy atom. The molecule has 0 saturated heterocycles. The van der Waals surface area contributed by atoms with E-state index in [1.165, 1.54) is 6.42 Å². The van der Waals surface area contributed by atoms with Crippen molar-refractivity contribution < 1.29 is 17.6 Å². The van der Waals surface area contributed by atoms with Crippen LogP contribution in [0.1, 0.15) is 19.3 Å². The number of anilines is 1. The lowest BCUT2D eigenvalue weighted by molar-refractivity contribution is -0.120. The van der Waals surface area contributed by atoms with Crippen LogP contribution in [-0.2, 0) is 14.8 Å². The summed E-state index contributed by atoms with van der Waals surface area (Å²) in [4.78, 5) is 11.8. The number of nitrogens with one attached hydrogen (secondary N) is 1. The second kappa shape index (κ2) is 4.53. The maximum absolute atomic E-state index is 13.6. The quantitative estimate of drug-likeness (QED) is 0.885. The molecule has 1 aromatic carbocycles. The number of carbonyl (C=O) groups excluding carboxylic acids is 1. The van der Waals surface area contributed by atoms with Crippen LogP contribution in [0.5, 0.6) is 0 Å². The topological polar surface area (TPSA) is 89.3 Å². The lowest BCUT2D eigenvalue weighted by atomic mass is 10.0. The Labute approximate surface area is 116 Å². The minimum atomic E-state index is -3.92. The fraction of sp³-hybridized carbons (Fsp3) is 0.462. The first-order chi connectivity index (χ1) is 9.34. The number of primary sulfonamides is 1. The number of halogens is 1. The van der Waals surface area contributed by atoms with Crippen molar-refractivity contribution in [3.63, 3.8) is 0 Å². The maximum Gasteiger partial charge on any atom is 0.238 e. The highest BCUT2D eigenvalue weighted by molar-refractivity contribution is 7.89. The third-order valence-electron chi connectivity index (χ3n) is 4.14. The van der Waals surface area contributed by atoms with Gasteiger partial charge in [-0.25, -0.2) is 17.9 Å². The van der Waals surface area contributed by atoms with E-state index >= 15 is 0 Å². The van der Waals surface area contributed by atoms with Crippen molar-refractivity contribution in [2.45, 2.75) is 24.2 Å². The number of amides is 1. The van der Waals surface area contributed by atoms with E-state index in [1.54, 1.807) is 0 Å². The molecule has 1 aromatic rings. The molecule has 7 heteroatoms. The number of carbonyl (C=O) groups is 1. The van der Waals surface area contributed by atoms with Crippen molar-refractivity contribution in [1.82, 2.24) is 0 Å². The third kappa shape index (κ3) is 2.55. The zero-order valence-electron chi connectivity index (χ0n) is 10.7. The average Bonchev–Trinajstić information content (AvgIpc) is 2.97. The van der Waals surface area contributed by atoms with E-state index in [0.29, 0.717) is 11.8 Å². The third-order valence-corrected chi connectivity index (χ3v) is 5.05.